The molecule has 3 rings (SSSR count). The van der Waals surface area contributed by atoms with Crippen LogP contribution in [0.25, 0.3) is 10.8 Å². The first-order valence-corrected chi connectivity index (χ1v) is 8.49. The average Bonchev–Trinajstić information content (AvgIpc) is 2.53. The minimum Gasteiger partial charge on any atom is -0.289 e. The molecular formula is C17H11ClO4S. The number of fused-ring (bicyclic) bond motifs is 1. The van der Waals surface area contributed by atoms with Gasteiger partial charge in [0.25, 0.3) is 10.1 Å². The molecule has 0 aliphatic heterocycles. The standard InChI is InChI=1S/C17H11ClO4S/c18-12-7-5-11(6-8-12)17(19)15-9-10-16(23(20,21)22)14-4-2-1-3-13(14)15/h1-10H,(H,20,21,22). The van der Waals surface area contributed by atoms with Crippen molar-refractivity contribution in [2.24, 2.45) is 0 Å². The van der Waals surface area contributed by atoms with E-state index in [0.717, 1.165) is 0 Å². The normalized spacial score (nSPS) is 11.6. The minimum absolute atomic E-state index is 0.222. The Balaban J connectivity index is 2.24. The number of hydrogen-bond donors (Lipinski definition) is 1. The Bertz CT molecular complexity index is 1010. The van der Waals surface area contributed by atoms with E-state index in [1.165, 1.54) is 12.1 Å². The van der Waals surface area contributed by atoms with Crippen molar-refractivity contribution in [1.82, 2.24) is 0 Å². The van der Waals surface area contributed by atoms with Crippen molar-refractivity contribution in [2.45, 2.75) is 4.90 Å². The second-order valence-corrected chi connectivity index (χ2v) is 6.79. The molecule has 0 fully saturated rings. The van der Waals surface area contributed by atoms with Gasteiger partial charge in [0, 0.05) is 21.5 Å². The van der Waals surface area contributed by atoms with Gasteiger partial charge in [-0.2, -0.15) is 8.42 Å². The Labute approximate surface area is 138 Å². The SMILES string of the molecule is O=C(c1ccc(Cl)cc1)c1ccc(S(=O)(=O)O)c2ccccc12. The fourth-order valence-electron chi connectivity index (χ4n) is 2.45. The molecule has 0 spiro atoms. The molecule has 0 bridgehead atoms. The number of benzene rings is 3. The highest BCUT2D eigenvalue weighted by atomic mass is 35.5. The van der Waals surface area contributed by atoms with Gasteiger partial charge in [0.05, 0.1) is 0 Å². The molecule has 0 radical (unpaired) electrons. The van der Waals surface area contributed by atoms with Crippen LogP contribution in [0.4, 0.5) is 0 Å². The molecule has 3 aromatic carbocycles. The van der Waals surface area contributed by atoms with Gasteiger partial charge >= 0.3 is 0 Å². The summed E-state index contributed by atoms with van der Waals surface area (Å²) in [7, 11) is -4.37. The van der Waals surface area contributed by atoms with Gasteiger partial charge in [-0.15, -0.1) is 0 Å². The van der Waals surface area contributed by atoms with Crippen LogP contribution in [0, 0.1) is 0 Å². The highest BCUT2D eigenvalue weighted by molar-refractivity contribution is 7.86. The van der Waals surface area contributed by atoms with Gasteiger partial charge < -0.3 is 0 Å². The minimum atomic E-state index is -4.37. The van der Waals surface area contributed by atoms with Gasteiger partial charge in [0.1, 0.15) is 4.90 Å². The summed E-state index contributed by atoms with van der Waals surface area (Å²) in [5, 5.41) is 1.28. The Morgan fingerprint density at radius 3 is 2.09 bits per heavy atom. The first kappa shape index (κ1) is 15.7. The topological polar surface area (TPSA) is 71.4 Å². The van der Waals surface area contributed by atoms with Crippen molar-refractivity contribution in [2.75, 3.05) is 0 Å². The maximum Gasteiger partial charge on any atom is 0.295 e. The van der Waals surface area contributed by atoms with Crippen molar-refractivity contribution >= 4 is 38.3 Å². The van der Waals surface area contributed by atoms with E-state index in [1.54, 1.807) is 48.5 Å². The van der Waals surface area contributed by atoms with Crippen LogP contribution in [0.3, 0.4) is 0 Å². The number of ketones is 1. The van der Waals surface area contributed by atoms with Crippen LogP contribution in [0.15, 0.2) is 65.6 Å². The molecule has 0 aromatic heterocycles. The molecule has 0 amide bonds. The monoisotopic (exact) mass is 346 g/mol. The molecule has 3 aromatic rings. The van der Waals surface area contributed by atoms with Gasteiger partial charge in [0.15, 0.2) is 5.78 Å². The Kier molecular flexibility index (Phi) is 3.93. The van der Waals surface area contributed by atoms with Crippen LogP contribution in [0.5, 0.6) is 0 Å². The van der Waals surface area contributed by atoms with Crippen LogP contribution in [-0.4, -0.2) is 18.8 Å². The third-order valence-corrected chi connectivity index (χ3v) is 4.68. The summed E-state index contributed by atoms with van der Waals surface area (Å²) < 4.78 is 32.3. The number of halogens is 1. The van der Waals surface area contributed by atoms with E-state index in [4.69, 9.17) is 11.6 Å². The Morgan fingerprint density at radius 2 is 1.48 bits per heavy atom. The van der Waals surface area contributed by atoms with E-state index >= 15 is 0 Å². The smallest absolute Gasteiger partial charge is 0.289 e. The second-order valence-electron chi connectivity index (χ2n) is 4.97. The summed E-state index contributed by atoms with van der Waals surface area (Å²) in [6.45, 7) is 0. The summed E-state index contributed by atoms with van der Waals surface area (Å²) in [5.41, 5.74) is 0.800. The molecule has 4 nitrogen and oxygen atoms in total. The molecule has 6 heteroatoms. The molecule has 1 N–H and O–H groups in total. The summed E-state index contributed by atoms with van der Waals surface area (Å²) in [4.78, 5) is 12.5. The Hall–Kier alpha value is -2.21. The third kappa shape index (κ3) is 2.99. The number of carbonyl (C=O) groups is 1. The zero-order valence-corrected chi connectivity index (χ0v) is 13.3. The second kappa shape index (κ2) is 5.77. The first-order chi connectivity index (χ1) is 10.9. The fourth-order valence-corrected chi connectivity index (χ4v) is 3.27. The van der Waals surface area contributed by atoms with Crippen molar-refractivity contribution in [3.63, 3.8) is 0 Å². The van der Waals surface area contributed by atoms with Gasteiger partial charge in [-0.05, 0) is 41.8 Å². The van der Waals surface area contributed by atoms with Gasteiger partial charge in [-0.25, -0.2) is 0 Å². The maximum atomic E-state index is 12.7. The molecular weight excluding hydrogens is 336 g/mol. The van der Waals surface area contributed by atoms with Gasteiger partial charge in [-0.1, -0.05) is 35.9 Å². The quantitative estimate of drug-likeness (QED) is 0.575. The van der Waals surface area contributed by atoms with E-state index in [1.807, 2.05) is 0 Å². The van der Waals surface area contributed by atoms with Crippen LogP contribution in [-0.2, 0) is 10.1 Å². The highest BCUT2D eigenvalue weighted by Crippen LogP contribution is 2.28. The summed E-state index contributed by atoms with van der Waals surface area (Å²) in [5.74, 6) is -0.250. The molecule has 23 heavy (non-hydrogen) atoms. The van der Waals surface area contributed by atoms with E-state index in [2.05, 4.69) is 0 Å². The third-order valence-electron chi connectivity index (χ3n) is 3.51. The van der Waals surface area contributed by atoms with E-state index in [-0.39, 0.29) is 10.7 Å². The molecule has 0 heterocycles. The van der Waals surface area contributed by atoms with Crippen LogP contribution < -0.4 is 0 Å². The largest absolute Gasteiger partial charge is 0.295 e. The fraction of sp³-hybridized carbons (Fsp3) is 0. The lowest BCUT2D eigenvalue weighted by atomic mass is 9.97. The lowest BCUT2D eigenvalue weighted by Gasteiger charge is -2.09. The van der Waals surface area contributed by atoms with Crippen molar-refractivity contribution in [3.8, 4) is 0 Å². The molecule has 116 valence electrons. The van der Waals surface area contributed by atoms with E-state index < -0.39 is 10.1 Å². The average molecular weight is 347 g/mol. The molecule has 0 saturated heterocycles. The number of hydrogen-bond acceptors (Lipinski definition) is 3. The predicted molar refractivity (Wildman–Crippen MR) is 88.6 cm³/mol. The molecule has 0 saturated carbocycles. The van der Waals surface area contributed by atoms with Gasteiger partial charge in [0.2, 0.25) is 0 Å². The summed E-state index contributed by atoms with van der Waals surface area (Å²) in [6.07, 6.45) is 0. The highest BCUT2D eigenvalue weighted by Gasteiger charge is 2.19. The number of carbonyl (C=O) groups excluding carboxylic acids is 1. The lowest BCUT2D eigenvalue weighted by Crippen LogP contribution is -2.05. The molecule has 0 unspecified atom stereocenters. The molecule has 0 aliphatic rings. The van der Waals surface area contributed by atoms with E-state index in [0.29, 0.717) is 26.9 Å². The van der Waals surface area contributed by atoms with Crippen molar-refractivity contribution in [1.29, 1.82) is 0 Å². The van der Waals surface area contributed by atoms with Crippen molar-refractivity contribution in [3.05, 3.63) is 76.8 Å². The predicted octanol–water partition coefficient (Wildman–Crippen LogP) is 3.97. The zero-order valence-electron chi connectivity index (χ0n) is 11.7. The van der Waals surface area contributed by atoms with Crippen molar-refractivity contribution < 1.29 is 17.8 Å². The van der Waals surface area contributed by atoms with Crippen LogP contribution >= 0.6 is 11.6 Å². The molecule has 0 aliphatic carbocycles. The first-order valence-electron chi connectivity index (χ1n) is 6.67. The van der Waals surface area contributed by atoms with Crippen LogP contribution in [0.1, 0.15) is 15.9 Å². The van der Waals surface area contributed by atoms with Gasteiger partial charge in [-0.3, -0.25) is 9.35 Å². The van der Waals surface area contributed by atoms with Crippen LogP contribution in [0.2, 0.25) is 5.02 Å². The summed E-state index contributed by atoms with van der Waals surface area (Å²) in [6, 6.07) is 15.6. The zero-order chi connectivity index (χ0) is 16.6. The number of rotatable bonds is 3. The van der Waals surface area contributed by atoms with E-state index in [9.17, 15) is 17.8 Å². The molecule has 0 atom stereocenters. The maximum absolute atomic E-state index is 12.7. The lowest BCUT2D eigenvalue weighted by molar-refractivity contribution is 0.104. The summed E-state index contributed by atoms with van der Waals surface area (Å²) >= 11 is 5.82. The Morgan fingerprint density at radius 1 is 0.870 bits per heavy atom.